The van der Waals surface area contributed by atoms with Crippen molar-refractivity contribution in [2.24, 2.45) is 11.1 Å². The van der Waals surface area contributed by atoms with Crippen molar-refractivity contribution >= 4 is 0 Å². The first kappa shape index (κ1) is 11.3. The van der Waals surface area contributed by atoms with Gasteiger partial charge in [-0.25, -0.2) is 0 Å². The Hall–Kier alpha value is -0.830. The molecule has 0 aliphatic heterocycles. The van der Waals surface area contributed by atoms with E-state index in [0.717, 1.165) is 6.42 Å². The van der Waals surface area contributed by atoms with Crippen LogP contribution in [0.4, 0.5) is 0 Å². The average Bonchev–Trinajstić information content (AvgIpc) is 2.76. The van der Waals surface area contributed by atoms with E-state index in [2.05, 4.69) is 23.9 Å². The molecule has 3 heteroatoms. The summed E-state index contributed by atoms with van der Waals surface area (Å²) in [6.45, 7) is 2.30. The predicted octanol–water partition coefficient (Wildman–Crippen LogP) is 2.67. The first-order valence-corrected chi connectivity index (χ1v) is 6.97. The van der Waals surface area contributed by atoms with Crippen LogP contribution in [0.25, 0.3) is 0 Å². The molecule has 1 aromatic rings. The van der Waals surface area contributed by atoms with Crippen LogP contribution in [0.2, 0.25) is 0 Å². The Balaban J connectivity index is 1.63. The van der Waals surface area contributed by atoms with Crippen molar-refractivity contribution < 1.29 is 0 Å². The number of aromatic nitrogens is 2. The molecule has 0 spiro atoms. The molecule has 17 heavy (non-hydrogen) atoms. The van der Waals surface area contributed by atoms with Crippen molar-refractivity contribution in [3.63, 3.8) is 0 Å². The van der Waals surface area contributed by atoms with Crippen molar-refractivity contribution in [2.75, 3.05) is 0 Å². The van der Waals surface area contributed by atoms with E-state index < -0.39 is 0 Å². The smallest absolute Gasteiger partial charge is 0.0640 e. The Morgan fingerprint density at radius 3 is 2.82 bits per heavy atom. The largest absolute Gasteiger partial charge is 0.327 e. The summed E-state index contributed by atoms with van der Waals surface area (Å²) in [6, 6.07) is 3.09. The van der Waals surface area contributed by atoms with E-state index in [1.807, 2.05) is 0 Å². The second kappa shape index (κ2) is 4.13. The fourth-order valence-electron chi connectivity index (χ4n) is 2.90. The second-order valence-corrected chi connectivity index (χ2v) is 6.19. The minimum atomic E-state index is 0.287. The van der Waals surface area contributed by atoms with E-state index >= 15 is 0 Å². The molecule has 2 N–H and O–H groups in total. The first-order valence-electron chi connectivity index (χ1n) is 6.97. The Labute approximate surface area is 103 Å². The zero-order chi connectivity index (χ0) is 11.9. The van der Waals surface area contributed by atoms with Crippen LogP contribution in [0, 0.1) is 5.41 Å². The molecule has 3 rings (SSSR count). The van der Waals surface area contributed by atoms with Crippen LogP contribution in [0.15, 0.2) is 12.3 Å². The van der Waals surface area contributed by atoms with Crippen LogP contribution in [-0.4, -0.2) is 15.8 Å². The summed E-state index contributed by atoms with van der Waals surface area (Å²) in [5.41, 5.74) is 7.84. The molecule has 94 valence electrons. The number of hydrogen-bond acceptors (Lipinski definition) is 2. The number of nitrogens with zero attached hydrogens (tertiary/aromatic N) is 2. The SMILES string of the molecule is CC1(C(N)Cc2ccn(C3CCCC3)n2)CC1. The Morgan fingerprint density at radius 1 is 1.47 bits per heavy atom. The van der Waals surface area contributed by atoms with Gasteiger partial charge in [-0.3, -0.25) is 4.68 Å². The summed E-state index contributed by atoms with van der Waals surface area (Å²) in [5.74, 6) is 0. The van der Waals surface area contributed by atoms with Gasteiger partial charge >= 0.3 is 0 Å². The Morgan fingerprint density at radius 2 is 2.18 bits per heavy atom. The van der Waals surface area contributed by atoms with Crippen molar-refractivity contribution in [3.8, 4) is 0 Å². The lowest BCUT2D eigenvalue weighted by atomic mass is 9.96. The standard InChI is InChI=1S/C14H23N3/c1-14(7-8-14)13(15)10-11-6-9-17(16-11)12-4-2-3-5-12/h6,9,12-13H,2-5,7-8,10,15H2,1H3. The van der Waals surface area contributed by atoms with E-state index in [-0.39, 0.29) is 6.04 Å². The lowest BCUT2D eigenvalue weighted by Crippen LogP contribution is -2.32. The summed E-state index contributed by atoms with van der Waals surface area (Å²) in [4.78, 5) is 0. The maximum absolute atomic E-state index is 6.26. The summed E-state index contributed by atoms with van der Waals surface area (Å²) in [5, 5.41) is 4.71. The van der Waals surface area contributed by atoms with Crippen molar-refractivity contribution in [2.45, 2.75) is 64.0 Å². The normalized spacial score (nSPS) is 25.1. The van der Waals surface area contributed by atoms with Gasteiger partial charge in [-0.15, -0.1) is 0 Å². The van der Waals surface area contributed by atoms with Crippen LogP contribution in [0.3, 0.4) is 0 Å². The molecule has 2 saturated carbocycles. The van der Waals surface area contributed by atoms with Gasteiger partial charge in [0, 0.05) is 18.7 Å². The topological polar surface area (TPSA) is 43.8 Å². The van der Waals surface area contributed by atoms with Crippen molar-refractivity contribution in [3.05, 3.63) is 18.0 Å². The molecule has 0 bridgehead atoms. The van der Waals surface area contributed by atoms with Crippen molar-refractivity contribution in [1.82, 2.24) is 9.78 Å². The summed E-state index contributed by atoms with van der Waals surface area (Å²) in [6.07, 6.45) is 11.0. The molecule has 0 aromatic carbocycles. The van der Waals surface area contributed by atoms with Gasteiger partial charge < -0.3 is 5.73 Å². The van der Waals surface area contributed by atoms with Gasteiger partial charge in [0.05, 0.1) is 11.7 Å². The highest BCUT2D eigenvalue weighted by molar-refractivity contribution is 5.07. The third-order valence-corrected chi connectivity index (χ3v) is 4.73. The molecular weight excluding hydrogens is 210 g/mol. The summed E-state index contributed by atoms with van der Waals surface area (Å²) < 4.78 is 2.17. The molecule has 1 heterocycles. The van der Waals surface area contributed by atoms with Gasteiger partial charge in [-0.2, -0.15) is 5.10 Å². The van der Waals surface area contributed by atoms with Crippen LogP contribution in [-0.2, 0) is 6.42 Å². The monoisotopic (exact) mass is 233 g/mol. The van der Waals surface area contributed by atoms with E-state index in [9.17, 15) is 0 Å². The molecule has 0 radical (unpaired) electrons. The second-order valence-electron chi connectivity index (χ2n) is 6.19. The van der Waals surface area contributed by atoms with Gasteiger partial charge in [0.1, 0.15) is 0 Å². The lowest BCUT2D eigenvalue weighted by molar-refractivity contribution is 0.420. The van der Waals surface area contributed by atoms with E-state index in [4.69, 9.17) is 10.8 Å². The van der Waals surface area contributed by atoms with E-state index in [0.29, 0.717) is 11.5 Å². The molecule has 0 amide bonds. The molecule has 0 saturated heterocycles. The molecule has 2 aliphatic carbocycles. The first-order chi connectivity index (χ1) is 8.17. The third kappa shape index (κ3) is 2.25. The van der Waals surface area contributed by atoms with Crippen LogP contribution in [0.1, 0.15) is 57.2 Å². The van der Waals surface area contributed by atoms with Gasteiger partial charge in [-0.05, 0) is 37.2 Å². The third-order valence-electron chi connectivity index (χ3n) is 4.73. The molecular formula is C14H23N3. The number of hydrogen-bond donors (Lipinski definition) is 1. The molecule has 1 aromatic heterocycles. The molecule has 3 nitrogen and oxygen atoms in total. The Kier molecular flexibility index (Phi) is 2.74. The van der Waals surface area contributed by atoms with Crippen LogP contribution < -0.4 is 5.73 Å². The highest BCUT2D eigenvalue weighted by Crippen LogP contribution is 2.48. The summed E-state index contributed by atoms with van der Waals surface area (Å²) >= 11 is 0. The zero-order valence-corrected chi connectivity index (χ0v) is 10.7. The van der Waals surface area contributed by atoms with E-state index in [1.165, 1.54) is 44.2 Å². The quantitative estimate of drug-likeness (QED) is 0.869. The van der Waals surface area contributed by atoms with Crippen molar-refractivity contribution in [1.29, 1.82) is 0 Å². The minimum Gasteiger partial charge on any atom is -0.327 e. The van der Waals surface area contributed by atoms with Crippen LogP contribution >= 0.6 is 0 Å². The van der Waals surface area contributed by atoms with E-state index in [1.54, 1.807) is 0 Å². The van der Waals surface area contributed by atoms with Gasteiger partial charge in [0.25, 0.3) is 0 Å². The lowest BCUT2D eigenvalue weighted by Gasteiger charge is -2.17. The maximum atomic E-state index is 6.26. The van der Waals surface area contributed by atoms with Gasteiger partial charge in [0.15, 0.2) is 0 Å². The number of rotatable bonds is 4. The average molecular weight is 233 g/mol. The fourth-order valence-corrected chi connectivity index (χ4v) is 2.90. The fraction of sp³-hybridized carbons (Fsp3) is 0.786. The zero-order valence-electron chi connectivity index (χ0n) is 10.7. The van der Waals surface area contributed by atoms with Gasteiger partial charge in [-0.1, -0.05) is 19.8 Å². The number of nitrogens with two attached hydrogens (primary N) is 1. The minimum absolute atomic E-state index is 0.287. The van der Waals surface area contributed by atoms with Crippen LogP contribution in [0.5, 0.6) is 0 Å². The van der Waals surface area contributed by atoms with Gasteiger partial charge in [0.2, 0.25) is 0 Å². The molecule has 2 fully saturated rings. The maximum Gasteiger partial charge on any atom is 0.0640 e. The molecule has 2 aliphatic rings. The highest BCUT2D eigenvalue weighted by atomic mass is 15.3. The Bertz CT molecular complexity index is 386. The highest BCUT2D eigenvalue weighted by Gasteiger charge is 2.43. The molecule has 1 unspecified atom stereocenters. The summed E-state index contributed by atoms with van der Waals surface area (Å²) in [7, 11) is 0. The predicted molar refractivity (Wildman–Crippen MR) is 68.8 cm³/mol. The molecule has 1 atom stereocenters.